The summed E-state index contributed by atoms with van der Waals surface area (Å²) in [5, 5.41) is 7.38. The molecular formula is C25H29N7O6S. The molecule has 0 fully saturated rings. The van der Waals surface area contributed by atoms with Gasteiger partial charge in [0.2, 0.25) is 21.9 Å². The Morgan fingerprint density at radius 1 is 0.923 bits per heavy atom. The highest BCUT2D eigenvalue weighted by Gasteiger charge is 2.35. The van der Waals surface area contributed by atoms with Crippen LogP contribution in [0.25, 0.3) is 17.1 Å². The zero-order valence-electron chi connectivity index (χ0n) is 22.3. The lowest BCUT2D eigenvalue weighted by Gasteiger charge is -2.23. The summed E-state index contributed by atoms with van der Waals surface area (Å²) in [4.78, 5) is 12.6. The Labute approximate surface area is 226 Å². The highest BCUT2D eigenvalue weighted by Crippen LogP contribution is 2.38. The predicted octanol–water partition coefficient (Wildman–Crippen LogP) is 2.97. The summed E-state index contributed by atoms with van der Waals surface area (Å²) in [6, 6.07) is 8.52. The van der Waals surface area contributed by atoms with Gasteiger partial charge in [0.25, 0.3) is 0 Å². The van der Waals surface area contributed by atoms with E-state index in [2.05, 4.69) is 29.9 Å². The fourth-order valence-corrected chi connectivity index (χ4v) is 5.03. The minimum Gasteiger partial charge on any atom is -0.494 e. The summed E-state index contributed by atoms with van der Waals surface area (Å²) < 4.78 is 53.3. The van der Waals surface area contributed by atoms with Crippen LogP contribution in [0.15, 0.2) is 48.9 Å². The van der Waals surface area contributed by atoms with E-state index in [4.69, 9.17) is 18.9 Å². The van der Waals surface area contributed by atoms with E-state index in [-0.39, 0.29) is 17.6 Å². The van der Waals surface area contributed by atoms with Crippen LogP contribution in [0.5, 0.6) is 17.4 Å². The molecule has 0 radical (unpaired) electrons. The van der Waals surface area contributed by atoms with Gasteiger partial charge in [-0.05, 0) is 37.6 Å². The van der Waals surface area contributed by atoms with Gasteiger partial charge in [-0.25, -0.2) is 23.4 Å². The van der Waals surface area contributed by atoms with E-state index in [9.17, 15) is 8.42 Å². The van der Waals surface area contributed by atoms with Crippen molar-refractivity contribution in [3.63, 3.8) is 0 Å². The van der Waals surface area contributed by atoms with Crippen LogP contribution in [-0.4, -0.2) is 71.8 Å². The highest BCUT2D eigenvalue weighted by molar-refractivity contribution is 7.93. The molecular weight excluding hydrogens is 526 g/mol. The number of aryl methyl sites for hydroxylation is 1. The van der Waals surface area contributed by atoms with Gasteiger partial charge in [-0.15, -0.1) is 10.2 Å². The quantitative estimate of drug-likeness (QED) is 0.291. The number of para-hydroxylation sites is 1. The van der Waals surface area contributed by atoms with Crippen LogP contribution in [0.2, 0.25) is 0 Å². The number of benzene rings is 1. The van der Waals surface area contributed by atoms with Crippen molar-refractivity contribution in [2.45, 2.75) is 25.2 Å². The van der Waals surface area contributed by atoms with Crippen LogP contribution < -0.4 is 18.9 Å². The molecule has 3 heterocycles. The number of ether oxygens (including phenoxy) is 4. The van der Waals surface area contributed by atoms with Gasteiger partial charge in [-0.2, -0.15) is 0 Å². The number of hydrogen-bond donors (Lipinski definition) is 1. The zero-order chi connectivity index (χ0) is 28.2. The summed E-state index contributed by atoms with van der Waals surface area (Å²) >= 11 is 0. The van der Waals surface area contributed by atoms with Crippen LogP contribution >= 0.6 is 0 Å². The molecule has 0 spiro atoms. The molecule has 0 saturated heterocycles. The van der Waals surface area contributed by atoms with Crippen molar-refractivity contribution in [3.05, 3.63) is 60.3 Å². The Balaban J connectivity index is 1.85. The van der Waals surface area contributed by atoms with E-state index in [1.54, 1.807) is 48.9 Å². The van der Waals surface area contributed by atoms with E-state index < -0.39 is 21.4 Å². The third-order valence-electron chi connectivity index (χ3n) is 5.95. The van der Waals surface area contributed by atoms with Crippen molar-refractivity contribution in [1.82, 2.24) is 29.7 Å². The Bertz CT molecular complexity index is 1520. The molecule has 39 heavy (non-hydrogen) atoms. The molecule has 1 aromatic carbocycles. The number of aromatic nitrogens is 6. The lowest BCUT2D eigenvalue weighted by molar-refractivity contribution is 0.0949. The molecule has 2 atom stereocenters. The molecule has 14 heteroatoms. The second kappa shape index (κ2) is 11.6. The molecule has 0 saturated carbocycles. The van der Waals surface area contributed by atoms with Crippen molar-refractivity contribution >= 4 is 16.0 Å². The van der Waals surface area contributed by atoms with E-state index in [0.717, 1.165) is 5.56 Å². The number of methoxy groups -OCH3 is 4. The number of sulfonamides is 1. The molecule has 0 bridgehead atoms. The summed E-state index contributed by atoms with van der Waals surface area (Å²) in [6.45, 7) is 3.33. The summed E-state index contributed by atoms with van der Waals surface area (Å²) in [6.07, 6.45) is 3.79. The lowest BCUT2D eigenvalue weighted by Crippen LogP contribution is -2.33. The minimum atomic E-state index is -4.13. The lowest BCUT2D eigenvalue weighted by atomic mass is 10.2. The van der Waals surface area contributed by atoms with Gasteiger partial charge < -0.3 is 18.9 Å². The Morgan fingerprint density at radius 3 is 2.18 bits per heavy atom. The molecule has 4 aromatic rings. The first-order valence-electron chi connectivity index (χ1n) is 11.7. The van der Waals surface area contributed by atoms with E-state index >= 15 is 0 Å². The van der Waals surface area contributed by atoms with Crippen molar-refractivity contribution in [2.24, 2.45) is 0 Å². The van der Waals surface area contributed by atoms with Crippen LogP contribution in [0, 0.1) is 6.92 Å². The number of pyridine rings is 1. The number of nitrogens with zero attached hydrogens (tertiary/aromatic N) is 6. The van der Waals surface area contributed by atoms with Crippen LogP contribution in [0.4, 0.5) is 5.95 Å². The maximum absolute atomic E-state index is 13.7. The molecule has 2 unspecified atom stereocenters. The molecule has 0 aliphatic rings. The first-order valence-corrected chi connectivity index (χ1v) is 13.3. The third kappa shape index (κ3) is 5.61. The van der Waals surface area contributed by atoms with Gasteiger partial charge in [-0.1, -0.05) is 6.07 Å². The van der Waals surface area contributed by atoms with Gasteiger partial charge in [-0.3, -0.25) is 9.29 Å². The van der Waals surface area contributed by atoms with E-state index in [0.29, 0.717) is 28.6 Å². The highest BCUT2D eigenvalue weighted by atomic mass is 32.2. The maximum Gasteiger partial charge on any atom is 0.243 e. The predicted molar refractivity (Wildman–Crippen MR) is 143 cm³/mol. The van der Waals surface area contributed by atoms with Gasteiger partial charge >= 0.3 is 0 Å². The molecule has 0 aliphatic carbocycles. The SMILES string of the molecule is COc1cc(-c2nnc(NS(=O)(=O)C(C)C(OC)c3ncc(C)cn3)n2-c2c(OC)cccc2OC)ccn1. The second-order valence-electron chi connectivity index (χ2n) is 8.41. The van der Waals surface area contributed by atoms with E-state index in [1.165, 1.54) is 39.9 Å². The van der Waals surface area contributed by atoms with Crippen LogP contribution in [0.1, 0.15) is 24.4 Å². The van der Waals surface area contributed by atoms with Crippen molar-refractivity contribution in [1.29, 1.82) is 0 Å². The summed E-state index contributed by atoms with van der Waals surface area (Å²) in [5.41, 5.74) is 1.78. The van der Waals surface area contributed by atoms with Gasteiger partial charge in [0.1, 0.15) is 28.5 Å². The van der Waals surface area contributed by atoms with Gasteiger partial charge in [0.05, 0.1) is 21.3 Å². The topological polar surface area (TPSA) is 152 Å². The zero-order valence-corrected chi connectivity index (χ0v) is 23.1. The minimum absolute atomic E-state index is 0.102. The van der Waals surface area contributed by atoms with Crippen molar-refractivity contribution in [2.75, 3.05) is 33.2 Å². The number of nitrogens with one attached hydrogen (secondary N) is 1. The molecule has 1 N–H and O–H groups in total. The molecule has 3 aromatic heterocycles. The summed E-state index contributed by atoms with van der Waals surface area (Å²) in [7, 11) is 1.75. The third-order valence-corrected chi connectivity index (χ3v) is 7.64. The standard InChI is InChI=1S/C25H29N7O6S/c1-15-13-27-23(28-14-15)22(38-6)16(2)39(33,34)31-25-30-29-24(17-10-11-26-20(12-17)37-5)32(25)21-18(35-3)8-7-9-19(21)36-4/h7-14,16,22H,1-6H3,(H,30,31). The molecule has 206 valence electrons. The van der Waals surface area contributed by atoms with Crippen LogP contribution in [0.3, 0.4) is 0 Å². The Kier molecular flexibility index (Phi) is 8.26. The normalized spacial score (nSPS) is 13.0. The van der Waals surface area contributed by atoms with Gasteiger partial charge in [0.15, 0.2) is 11.6 Å². The summed E-state index contributed by atoms with van der Waals surface area (Å²) in [5.74, 6) is 1.55. The molecule has 0 aliphatic heterocycles. The van der Waals surface area contributed by atoms with Crippen molar-refractivity contribution < 1.29 is 27.4 Å². The Morgan fingerprint density at radius 2 is 1.59 bits per heavy atom. The first kappa shape index (κ1) is 27.7. The number of rotatable bonds is 11. The van der Waals surface area contributed by atoms with Gasteiger partial charge in [0, 0.05) is 37.3 Å². The fraction of sp³-hybridized carbons (Fsp3) is 0.320. The number of hydrogen-bond acceptors (Lipinski definition) is 11. The van der Waals surface area contributed by atoms with Crippen LogP contribution in [-0.2, 0) is 14.8 Å². The monoisotopic (exact) mass is 555 g/mol. The molecule has 4 rings (SSSR count). The van der Waals surface area contributed by atoms with E-state index in [1.807, 2.05) is 6.92 Å². The van der Waals surface area contributed by atoms with Crippen molar-refractivity contribution in [3.8, 4) is 34.5 Å². The molecule has 13 nitrogen and oxygen atoms in total. The largest absolute Gasteiger partial charge is 0.494 e. The average molecular weight is 556 g/mol. The second-order valence-corrected chi connectivity index (χ2v) is 10.4. The molecule has 0 amide bonds. The fourth-order valence-electron chi connectivity index (χ4n) is 3.90. The smallest absolute Gasteiger partial charge is 0.243 e. The number of anilines is 1. The Hall–Kier alpha value is -4.30. The average Bonchev–Trinajstić information content (AvgIpc) is 3.35. The maximum atomic E-state index is 13.7. The first-order chi connectivity index (χ1) is 18.7.